The maximum atomic E-state index is 6.82. The predicted molar refractivity (Wildman–Crippen MR) is 199 cm³/mol. The Morgan fingerprint density at radius 2 is 1.12 bits per heavy atom. The summed E-state index contributed by atoms with van der Waals surface area (Å²) in [6, 6.07) is 52.5. The minimum atomic E-state index is 0.620. The molecule has 0 aliphatic carbocycles. The van der Waals surface area contributed by atoms with Gasteiger partial charge in [-0.05, 0) is 59.3 Å². The summed E-state index contributed by atoms with van der Waals surface area (Å²) < 4.78 is 15.6. The number of benzene rings is 7. The Balaban J connectivity index is 1.26. The molecule has 0 spiro atoms. The molecule has 49 heavy (non-hydrogen) atoms. The fourth-order valence-electron chi connectivity index (χ4n) is 7.59. The highest BCUT2D eigenvalue weighted by molar-refractivity contribution is 6.18. The molecular formula is C44H25N3O2. The minimum Gasteiger partial charge on any atom is -0.454 e. The molecule has 11 rings (SSSR count). The van der Waals surface area contributed by atoms with Crippen molar-refractivity contribution in [3.63, 3.8) is 0 Å². The van der Waals surface area contributed by atoms with E-state index in [1.54, 1.807) is 0 Å². The van der Waals surface area contributed by atoms with E-state index in [0.29, 0.717) is 11.4 Å². The monoisotopic (exact) mass is 627 g/mol. The molecule has 0 radical (unpaired) electrons. The smallest absolute Gasteiger partial charge is 0.180 e. The van der Waals surface area contributed by atoms with Gasteiger partial charge in [-0.1, -0.05) is 103 Å². The highest BCUT2D eigenvalue weighted by atomic mass is 16.3. The van der Waals surface area contributed by atoms with Crippen LogP contribution in [0.4, 0.5) is 0 Å². The second-order valence-corrected chi connectivity index (χ2v) is 12.5. The van der Waals surface area contributed by atoms with Gasteiger partial charge in [0.05, 0.1) is 16.7 Å². The van der Waals surface area contributed by atoms with Crippen molar-refractivity contribution in [1.29, 1.82) is 0 Å². The molecule has 0 atom stereocenters. The lowest BCUT2D eigenvalue weighted by Gasteiger charge is -2.12. The molecule has 228 valence electrons. The van der Waals surface area contributed by atoms with Crippen LogP contribution >= 0.6 is 0 Å². The molecule has 5 heteroatoms. The second kappa shape index (κ2) is 9.89. The minimum absolute atomic E-state index is 0.620. The zero-order chi connectivity index (χ0) is 32.1. The van der Waals surface area contributed by atoms with Gasteiger partial charge in [-0.2, -0.15) is 0 Å². The Bertz CT molecular complexity index is 3110. The summed E-state index contributed by atoms with van der Waals surface area (Å²) in [5.74, 6) is 0.620. The Labute approximate surface area is 279 Å². The van der Waals surface area contributed by atoms with Crippen molar-refractivity contribution in [1.82, 2.24) is 14.5 Å². The molecule has 4 aromatic heterocycles. The third-order valence-corrected chi connectivity index (χ3v) is 9.79. The molecule has 0 aliphatic rings. The highest BCUT2D eigenvalue weighted by Crippen LogP contribution is 2.43. The molecule has 4 heterocycles. The van der Waals surface area contributed by atoms with Gasteiger partial charge in [-0.25, -0.2) is 9.97 Å². The van der Waals surface area contributed by atoms with Gasteiger partial charge >= 0.3 is 0 Å². The van der Waals surface area contributed by atoms with Crippen molar-refractivity contribution in [3.05, 3.63) is 152 Å². The van der Waals surface area contributed by atoms with Crippen LogP contribution in [0.25, 0.3) is 105 Å². The van der Waals surface area contributed by atoms with E-state index >= 15 is 0 Å². The molecule has 0 N–H and O–H groups in total. The number of fused-ring (bicyclic) bond motifs is 10. The number of hydrogen-bond donors (Lipinski definition) is 0. The molecule has 0 bridgehead atoms. The van der Waals surface area contributed by atoms with Crippen molar-refractivity contribution < 1.29 is 8.83 Å². The summed E-state index contributed by atoms with van der Waals surface area (Å²) in [7, 11) is 0. The lowest BCUT2D eigenvalue weighted by atomic mass is 10.0. The fourth-order valence-corrected chi connectivity index (χ4v) is 7.59. The number of furan rings is 2. The van der Waals surface area contributed by atoms with Gasteiger partial charge in [0.15, 0.2) is 17.0 Å². The van der Waals surface area contributed by atoms with Gasteiger partial charge in [0.1, 0.15) is 22.4 Å². The van der Waals surface area contributed by atoms with Crippen molar-refractivity contribution >= 4 is 76.6 Å². The Hall–Kier alpha value is -6.72. The van der Waals surface area contributed by atoms with E-state index in [2.05, 4.69) is 108 Å². The molecule has 0 aliphatic heterocycles. The molecule has 0 amide bonds. The first-order valence-corrected chi connectivity index (χ1v) is 16.4. The lowest BCUT2D eigenvalue weighted by molar-refractivity contribution is 0.666. The number of nitrogens with zero attached hydrogens (tertiary/aromatic N) is 3. The zero-order valence-corrected chi connectivity index (χ0v) is 26.1. The molecule has 5 nitrogen and oxygen atoms in total. The first-order chi connectivity index (χ1) is 24.3. The summed E-state index contributed by atoms with van der Waals surface area (Å²) in [4.78, 5) is 10.5. The molecule has 11 aromatic rings. The molecule has 0 unspecified atom stereocenters. The Morgan fingerprint density at radius 3 is 1.96 bits per heavy atom. The van der Waals surface area contributed by atoms with Crippen LogP contribution in [0.1, 0.15) is 0 Å². The van der Waals surface area contributed by atoms with Crippen LogP contribution in [0.2, 0.25) is 0 Å². The molecular weight excluding hydrogens is 603 g/mol. The third kappa shape index (κ3) is 3.75. The van der Waals surface area contributed by atoms with E-state index in [1.165, 1.54) is 21.5 Å². The maximum Gasteiger partial charge on any atom is 0.180 e. The van der Waals surface area contributed by atoms with Gasteiger partial charge < -0.3 is 13.4 Å². The Kier molecular flexibility index (Phi) is 5.32. The van der Waals surface area contributed by atoms with Crippen LogP contribution in [-0.2, 0) is 0 Å². The van der Waals surface area contributed by atoms with Crippen molar-refractivity contribution in [2.75, 3.05) is 0 Å². The standard InChI is InChI=1S/C44H25N3O2/c1-2-12-26(13-3-1)40-43-41(31-18-8-11-21-38(31)49-43)46-44(45-40)32-22-23-35(42-39(32)30-17-7-10-20-37(30)48-42)47-34-19-9-6-16-29(34)33-24-27-14-4-5-15-28(27)25-36(33)47/h1-25H. The van der Waals surface area contributed by atoms with Crippen LogP contribution in [-0.4, -0.2) is 14.5 Å². The number of aromatic nitrogens is 3. The fraction of sp³-hybridized carbons (Fsp3) is 0. The number of rotatable bonds is 3. The van der Waals surface area contributed by atoms with Crippen LogP contribution in [0.15, 0.2) is 160 Å². The van der Waals surface area contributed by atoms with Crippen LogP contribution in [0.3, 0.4) is 0 Å². The lowest BCUT2D eigenvalue weighted by Crippen LogP contribution is -1.98. The topological polar surface area (TPSA) is 57.0 Å². The summed E-state index contributed by atoms with van der Waals surface area (Å²) in [5, 5.41) is 7.77. The summed E-state index contributed by atoms with van der Waals surface area (Å²) in [6.45, 7) is 0. The molecule has 7 aromatic carbocycles. The van der Waals surface area contributed by atoms with Gasteiger partial charge in [-0.3, -0.25) is 0 Å². The van der Waals surface area contributed by atoms with E-state index in [1.807, 2.05) is 48.5 Å². The largest absolute Gasteiger partial charge is 0.454 e. The van der Waals surface area contributed by atoms with Gasteiger partial charge in [-0.15, -0.1) is 0 Å². The normalized spacial score (nSPS) is 12.1. The maximum absolute atomic E-state index is 6.82. The second-order valence-electron chi connectivity index (χ2n) is 12.5. The molecule has 0 saturated heterocycles. The third-order valence-electron chi connectivity index (χ3n) is 9.79. The summed E-state index contributed by atoms with van der Waals surface area (Å²) in [6.07, 6.45) is 0. The molecule has 0 fully saturated rings. The van der Waals surface area contributed by atoms with E-state index in [0.717, 1.165) is 72.0 Å². The quantitative estimate of drug-likeness (QED) is 0.196. The average Bonchev–Trinajstić information content (AvgIpc) is 3.83. The highest BCUT2D eigenvalue weighted by Gasteiger charge is 2.24. The van der Waals surface area contributed by atoms with Gasteiger partial charge in [0, 0.05) is 38.1 Å². The average molecular weight is 628 g/mol. The number of hydrogen-bond acceptors (Lipinski definition) is 4. The summed E-state index contributed by atoms with van der Waals surface area (Å²) in [5.41, 5.74) is 9.71. The Morgan fingerprint density at radius 1 is 0.469 bits per heavy atom. The van der Waals surface area contributed by atoms with Crippen molar-refractivity contribution in [3.8, 4) is 28.3 Å². The van der Waals surface area contributed by atoms with Crippen molar-refractivity contribution in [2.45, 2.75) is 0 Å². The van der Waals surface area contributed by atoms with E-state index in [9.17, 15) is 0 Å². The summed E-state index contributed by atoms with van der Waals surface area (Å²) >= 11 is 0. The first-order valence-electron chi connectivity index (χ1n) is 16.4. The SMILES string of the molecule is c1ccc(-c2nc(-c3ccc(-n4c5ccccc5c5cc6ccccc6cc54)c4oc5ccccc5c34)nc3c2oc2ccccc23)cc1. The molecule has 0 saturated carbocycles. The van der Waals surface area contributed by atoms with E-state index < -0.39 is 0 Å². The predicted octanol–water partition coefficient (Wildman–Crippen LogP) is 11.9. The number of para-hydroxylation sites is 3. The van der Waals surface area contributed by atoms with Crippen LogP contribution in [0.5, 0.6) is 0 Å². The van der Waals surface area contributed by atoms with Crippen LogP contribution < -0.4 is 0 Å². The van der Waals surface area contributed by atoms with Crippen molar-refractivity contribution in [2.24, 2.45) is 0 Å². The zero-order valence-electron chi connectivity index (χ0n) is 26.1. The van der Waals surface area contributed by atoms with Crippen LogP contribution in [0, 0.1) is 0 Å². The van der Waals surface area contributed by atoms with E-state index in [4.69, 9.17) is 18.8 Å². The van der Waals surface area contributed by atoms with Gasteiger partial charge in [0.2, 0.25) is 0 Å². The first kappa shape index (κ1) is 26.4. The van der Waals surface area contributed by atoms with E-state index in [-0.39, 0.29) is 0 Å². The van der Waals surface area contributed by atoms with Gasteiger partial charge in [0.25, 0.3) is 0 Å².